The second-order valence-electron chi connectivity index (χ2n) is 6.39. The van der Waals surface area contributed by atoms with E-state index in [-0.39, 0.29) is 0 Å². The summed E-state index contributed by atoms with van der Waals surface area (Å²) in [5.74, 6) is 0.856. The van der Waals surface area contributed by atoms with Crippen molar-refractivity contribution in [1.29, 1.82) is 0 Å². The Kier molecular flexibility index (Phi) is 5.34. The van der Waals surface area contributed by atoms with Gasteiger partial charge in [0.25, 0.3) is 0 Å². The number of fused-ring (bicyclic) bond motifs is 1. The van der Waals surface area contributed by atoms with Crippen LogP contribution < -0.4 is 5.32 Å². The van der Waals surface area contributed by atoms with E-state index in [0.717, 1.165) is 32.5 Å². The molecule has 3 rings (SSSR count). The number of rotatable bonds is 5. The molecule has 4 heteroatoms. The lowest BCUT2D eigenvalue weighted by atomic mass is 9.89. The van der Waals surface area contributed by atoms with Gasteiger partial charge in [0.05, 0.1) is 0 Å². The van der Waals surface area contributed by atoms with Gasteiger partial charge in [-0.2, -0.15) is 0 Å². The van der Waals surface area contributed by atoms with Crippen molar-refractivity contribution >= 4 is 27.3 Å². The third kappa shape index (κ3) is 3.59. The number of carbonyl (C=O) groups is 1. The molecule has 2 aromatic rings. The Morgan fingerprint density at radius 3 is 2.96 bits per heavy atom. The topological polar surface area (TPSA) is 32.3 Å². The van der Waals surface area contributed by atoms with Gasteiger partial charge in [-0.3, -0.25) is 4.79 Å². The minimum absolute atomic E-state index is 0.297. The van der Waals surface area contributed by atoms with Crippen molar-refractivity contribution in [3.8, 4) is 0 Å². The fourth-order valence-corrected chi connectivity index (χ4v) is 4.54. The molecule has 1 N–H and O–H groups in total. The Balaban J connectivity index is 1.62. The second-order valence-corrected chi connectivity index (χ2v) is 7.31. The number of amides is 1. The van der Waals surface area contributed by atoms with Gasteiger partial charge >= 0.3 is 0 Å². The van der Waals surface area contributed by atoms with E-state index in [1.54, 1.807) is 0 Å². The van der Waals surface area contributed by atoms with Crippen LogP contribution in [0.1, 0.15) is 38.7 Å². The molecule has 0 unspecified atom stereocenters. The summed E-state index contributed by atoms with van der Waals surface area (Å²) in [6, 6.07) is 9.13. The second kappa shape index (κ2) is 7.45. The Morgan fingerprint density at radius 2 is 2.17 bits per heavy atom. The number of thiophene rings is 1. The van der Waals surface area contributed by atoms with Crippen molar-refractivity contribution in [2.24, 2.45) is 5.92 Å². The number of benzene rings is 1. The first-order chi connectivity index (χ1) is 11.2. The Morgan fingerprint density at radius 1 is 1.35 bits per heavy atom. The quantitative estimate of drug-likeness (QED) is 0.898. The van der Waals surface area contributed by atoms with E-state index >= 15 is 0 Å². The maximum absolute atomic E-state index is 11.9. The summed E-state index contributed by atoms with van der Waals surface area (Å²) in [4.78, 5) is 14.0. The number of hydrogen-bond acceptors (Lipinski definition) is 3. The largest absolute Gasteiger partial charge is 0.342 e. The van der Waals surface area contributed by atoms with E-state index in [9.17, 15) is 4.79 Å². The Hall–Kier alpha value is -1.39. The average Bonchev–Trinajstić information content (AvgIpc) is 3.02. The molecule has 1 aliphatic rings. The summed E-state index contributed by atoms with van der Waals surface area (Å²) in [6.45, 7) is 6.91. The lowest BCUT2D eigenvalue weighted by Gasteiger charge is -2.38. The minimum Gasteiger partial charge on any atom is -0.342 e. The van der Waals surface area contributed by atoms with E-state index in [0.29, 0.717) is 24.3 Å². The van der Waals surface area contributed by atoms with Crippen molar-refractivity contribution < 1.29 is 4.79 Å². The van der Waals surface area contributed by atoms with Gasteiger partial charge < -0.3 is 10.2 Å². The summed E-state index contributed by atoms with van der Waals surface area (Å²) < 4.78 is 1.36. The minimum atomic E-state index is 0.297. The lowest BCUT2D eigenvalue weighted by molar-refractivity contribution is -0.133. The van der Waals surface area contributed by atoms with Gasteiger partial charge in [0.2, 0.25) is 5.91 Å². The maximum atomic E-state index is 11.9. The fourth-order valence-electron chi connectivity index (χ4n) is 3.58. The third-order valence-electron chi connectivity index (χ3n) is 5.03. The summed E-state index contributed by atoms with van der Waals surface area (Å²) in [7, 11) is 0. The molecule has 0 aliphatic carbocycles. The van der Waals surface area contributed by atoms with Gasteiger partial charge in [-0.1, -0.05) is 38.5 Å². The van der Waals surface area contributed by atoms with Crippen molar-refractivity contribution in [2.45, 2.75) is 45.7 Å². The van der Waals surface area contributed by atoms with Gasteiger partial charge in [-0.05, 0) is 34.7 Å². The van der Waals surface area contributed by atoms with Gasteiger partial charge in [-0.15, -0.1) is 11.3 Å². The van der Waals surface area contributed by atoms with Gasteiger partial charge in [0.15, 0.2) is 0 Å². The maximum Gasteiger partial charge on any atom is 0.222 e. The molecule has 1 aromatic carbocycles. The number of nitrogens with zero attached hydrogens (tertiary/aromatic N) is 1. The highest BCUT2D eigenvalue weighted by atomic mass is 32.1. The molecule has 1 aromatic heterocycles. The van der Waals surface area contributed by atoms with Crippen LogP contribution in [-0.2, 0) is 11.3 Å². The van der Waals surface area contributed by atoms with E-state index < -0.39 is 0 Å². The van der Waals surface area contributed by atoms with E-state index in [4.69, 9.17) is 0 Å². The molecule has 1 aliphatic heterocycles. The normalized spacial score (nSPS) is 21.7. The van der Waals surface area contributed by atoms with Gasteiger partial charge in [0.1, 0.15) is 0 Å². The van der Waals surface area contributed by atoms with Crippen LogP contribution in [0.4, 0.5) is 0 Å². The van der Waals surface area contributed by atoms with E-state index in [1.165, 1.54) is 15.6 Å². The first-order valence-electron chi connectivity index (χ1n) is 8.69. The van der Waals surface area contributed by atoms with E-state index in [1.807, 2.05) is 23.2 Å². The zero-order valence-electron chi connectivity index (χ0n) is 14.0. The third-order valence-corrected chi connectivity index (χ3v) is 6.04. The molecular formula is C19H26N2OS. The molecule has 2 heterocycles. The summed E-state index contributed by atoms with van der Waals surface area (Å²) in [6.07, 6.45) is 2.80. The molecule has 0 radical (unpaired) electrons. The number of piperidine rings is 1. The van der Waals surface area contributed by atoms with Gasteiger partial charge in [0, 0.05) is 36.8 Å². The Labute approximate surface area is 142 Å². The number of carbonyl (C=O) groups excluding carboxylic acids is 1. The highest BCUT2D eigenvalue weighted by Gasteiger charge is 2.29. The number of hydrogen-bond donors (Lipinski definition) is 1. The SMILES string of the molecule is CCC(=O)N1CC[C@@H](NCc2csc3ccccc23)[C@@H](CC)C1. The molecule has 0 spiro atoms. The molecular weight excluding hydrogens is 304 g/mol. The summed E-state index contributed by atoms with van der Waals surface area (Å²) >= 11 is 1.82. The molecule has 0 saturated carbocycles. The molecule has 23 heavy (non-hydrogen) atoms. The van der Waals surface area contributed by atoms with Crippen LogP contribution in [-0.4, -0.2) is 29.9 Å². The standard InChI is InChI=1S/C19H26N2OS/c1-3-14-12-21(19(22)4-2)10-9-17(14)20-11-15-13-23-18-8-6-5-7-16(15)18/h5-8,13-14,17,20H,3-4,9-12H2,1-2H3/t14-,17+/m0/s1. The number of likely N-dealkylation sites (tertiary alicyclic amines) is 1. The molecule has 1 amide bonds. The number of nitrogens with one attached hydrogen (secondary N) is 1. The van der Waals surface area contributed by atoms with Crippen molar-refractivity contribution in [3.05, 3.63) is 35.2 Å². The molecule has 3 nitrogen and oxygen atoms in total. The fraction of sp³-hybridized carbons (Fsp3) is 0.526. The van der Waals surface area contributed by atoms with Crippen LogP contribution in [0.3, 0.4) is 0 Å². The zero-order valence-corrected chi connectivity index (χ0v) is 14.9. The van der Waals surface area contributed by atoms with Crippen LogP contribution in [0.15, 0.2) is 29.6 Å². The van der Waals surface area contributed by atoms with Gasteiger partial charge in [-0.25, -0.2) is 0 Å². The van der Waals surface area contributed by atoms with Crippen LogP contribution in [0.5, 0.6) is 0 Å². The van der Waals surface area contributed by atoms with Crippen molar-refractivity contribution in [1.82, 2.24) is 10.2 Å². The van der Waals surface area contributed by atoms with Crippen LogP contribution in [0, 0.1) is 5.92 Å². The predicted molar refractivity (Wildman–Crippen MR) is 97.7 cm³/mol. The average molecular weight is 330 g/mol. The molecule has 1 saturated heterocycles. The van der Waals surface area contributed by atoms with Crippen LogP contribution >= 0.6 is 11.3 Å². The highest BCUT2D eigenvalue weighted by Crippen LogP contribution is 2.27. The van der Waals surface area contributed by atoms with E-state index in [2.05, 4.69) is 41.9 Å². The lowest BCUT2D eigenvalue weighted by Crippen LogP contribution is -2.50. The van der Waals surface area contributed by atoms with Crippen molar-refractivity contribution in [3.63, 3.8) is 0 Å². The highest BCUT2D eigenvalue weighted by molar-refractivity contribution is 7.17. The zero-order chi connectivity index (χ0) is 16.2. The van der Waals surface area contributed by atoms with Crippen LogP contribution in [0.2, 0.25) is 0 Å². The molecule has 0 bridgehead atoms. The Bertz CT molecular complexity index is 666. The first-order valence-corrected chi connectivity index (χ1v) is 9.57. The monoisotopic (exact) mass is 330 g/mol. The smallest absolute Gasteiger partial charge is 0.222 e. The predicted octanol–water partition coefficient (Wildman–Crippen LogP) is 4.03. The molecule has 1 fully saturated rings. The molecule has 124 valence electrons. The summed E-state index contributed by atoms with van der Waals surface area (Å²) in [5.41, 5.74) is 1.40. The molecule has 2 atom stereocenters. The first kappa shape index (κ1) is 16.5. The van der Waals surface area contributed by atoms with Crippen molar-refractivity contribution in [2.75, 3.05) is 13.1 Å². The van der Waals surface area contributed by atoms with Crippen LogP contribution in [0.25, 0.3) is 10.1 Å². The summed E-state index contributed by atoms with van der Waals surface area (Å²) in [5, 5.41) is 7.41.